The van der Waals surface area contributed by atoms with E-state index in [1.807, 2.05) is 13.8 Å². The van der Waals surface area contributed by atoms with Crippen molar-refractivity contribution in [2.24, 2.45) is 0 Å². The molecule has 0 radical (unpaired) electrons. The van der Waals surface area contributed by atoms with Gasteiger partial charge in [-0.15, -0.1) is 0 Å². The minimum Gasteiger partial charge on any atom is -0.395 e. The van der Waals surface area contributed by atoms with Gasteiger partial charge in [-0.25, -0.2) is 13.2 Å². The van der Waals surface area contributed by atoms with Crippen LogP contribution in [0.1, 0.15) is 43.1 Å². The lowest BCUT2D eigenvalue weighted by Gasteiger charge is -2.26. The highest BCUT2D eigenvalue weighted by Gasteiger charge is 2.46. The van der Waals surface area contributed by atoms with Crippen molar-refractivity contribution in [3.8, 4) is 0 Å². The molecule has 0 aliphatic carbocycles. The third kappa shape index (κ3) is 6.49. The van der Waals surface area contributed by atoms with Crippen molar-refractivity contribution in [2.75, 3.05) is 25.0 Å². The highest BCUT2D eigenvalue weighted by atomic mass is 19.3. The summed E-state index contributed by atoms with van der Waals surface area (Å²) in [6, 6.07) is 4.53. The normalized spacial score (nSPS) is 10.8. The second-order valence-corrected chi connectivity index (χ2v) is 6.37. The molecule has 176 valence electrons. The fourth-order valence-electron chi connectivity index (χ4n) is 2.70. The van der Waals surface area contributed by atoms with E-state index in [1.54, 1.807) is 6.92 Å². The Kier molecular flexibility index (Phi) is 10.2. The van der Waals surface area contributed by atoms with Crippen LogP contribution in [0.2, 0.25) is 0 Å². The summed E-state index contributed by atoms with van der Waals surface area (Å²) in [4.78, 5) is 25.2. The first-order chi connectivity index (χ1) is 15.1. The number of hydrogen-bond acceptors (Lipinski definition) is 3. The molecule has 0 aromatic heterocycles. The number of aliphatic hydroxyl groups is 1. The Balaban J connectivity index is 0.00000249. The van der Waals surface area contributed by atoms with Crippen molar-refractivity contribution in [1.29, 1.82) is 0 Å². The lowest BCUT2D eigenvalue weighted by molar-refractivity contribution is -0.160. The largest absolute Gasteiger partial charge is 0.395 e. The van der Waals surface area contributed by atoms with Crippen LogP contribution >= 0.6 is 0 Å². The number of aliphatic hydroxyl groups excluding tert-OH is 1. The minimum absolute atomic E-state index is 0.0765. The van der Waals surface area contributed by atoms with Crippen molar-refractivity contribution < 1.29 is 36.6 Å². The number of benzene rings is 2. The molecule has 0 bridgehead atoms. The molecule has 0 saturated carbocycles. The predicted molar refractivity (Wildman–Crippen MR) is 110 cm³/mol. The summed E-state index contributed by atoms with van der Waals surface area (Å²) >= 11 is 0. The maximum absolute atomic E-state index is 14.7. The smallest absolute Gasteiger partial charge is 0.352 e. The van der Waals surface area contributed by atoms with Crippen LogP contribution in [0.4, 0.5) is 27.6 Å². The molecule has 10 heteroatoms. The number of carbonyl (C=O) groups is 2. The van der Waals surface area contributed by atoms with Crippen molar-refractivity contribution in [3.63, 3.8) is 0 Å². The SMILES string of the molecule is CC.CCCN(CCO)C(=O)C(F)(F)c1cc(C(=O)Nc2ccc(F)c(F)c2)ccc1F. The van der Waals surface area contributed by atoms with E-state index in [0.29, 0.717) is 29.5 Å². The molecule has 0 spiro atoms. The van der Waals surface area contributed by atoms with Crippen molar-refractivity contribution in [3.05, 3.63) is 65.0 Å². The molecule has 5 nitrogen and oxygen atoms in total. The number of nitrogens with one attached hydrogen (secondary N) is 1. The number of anilines is 1. The first-order valence-electron chi connectivity index (χ1n) is 9.96. The molecule has 0 aliphatic rings. The van der Waals surface area contributed by atoms with Crippen LogP contribution in [-0.4, -0.2) is 41.5 Å². The number of alkyl halides is 2. The molecule has 0 atom stereocenters. The molecule has 2 aromatic rings. The first kappa shape index (κ1) is 27.0. The van der Waals surface area contributed by atoms with Gasteiger partial charge in [0.1, 0.15) is 5.82 Å². The molecule has 0 fully saturated rings. The van der Waals surface area contributed by atoms with Crippen molar-refractivity contribution in [1.82, 2.24) is 4.90 Å². The Morgan fingerprint density at radius 3 is 2.16 bits per heavy atom. The lowest BCUT2D eigenvalue weighted by Crippen LogP contribution is -2.44. The van der Waals surface area contributed by atoms with Gasteiger partial charge >= 0.3 is 5.92 Å². The number of hydrogen-bond donors (Lipinski definition) is 2. The van der Waals surface area contributed by atoms with Gasteiger partial charge in [-0.2, -0.15) is 8.78 Å². The van der Waals surface area contributed by atoms with E-state index in [1.165, 1.54) is 0 Å². The zero-order valence-electron chi connectivity index (χ0n) is 17.9. The average Bonchev–Trinajstić information content (AvgIpc) is 2.77. The number of nitrogens with zero attached hydrogens (tertiary/aromatic N) is 1. The van der Waals surface area contributed by atoms with Gasteiger partial charge in [-0.1, -0.05) is 20.8 Å². The lowest BCUT2D eigenvalue weighted by atomic mass is 10.0. The maximum Gasteiger partial charge on any atom is 0.352 e. The summed E-state index contributed by atoms with van der Waals surface area (Å²) in [7, 11) is 0. The highest BCUT2D eigenvalue weighted by molar-refractivity contribution is 6.04. The van der Waals surface area contributed by atoms with Crippen LogP contribution in [0.5, 0.6) is 0 Å². The molecule has 0 unspecified atom stereocenters. The maximum atomic E-state index is 14.7. The summed E-state index contributed by atoms with van der Waals surface area (Å²) in [6.07, 6.45) is 0.334. The number of amides is 2. The standard InChI is InChI=1S/C20H19F5N2O3.C2H6/c1-2-7-27(8-9-28)19(30)20(24,25)14-10-12(3-5-15(14)21)18(29)26-13-4-6-16(22)17(23)11-13;1-2/h3-6,10-11,28H,2,7-9H2,1H3,(H,26,29);1-2H3. The molecule has 0 saturated heterocycles. The van der Waals surface area contributed by atoms with Gasteiger partial charge in [-0.3, -0.25) is 9.59 Å². The van der Waals surface area contributed by atoms with Crippen LogP contribution in [0, 0.1) is 17.5 Å². The summed E-state index contributed by atoms with van der Waals surface area (Å²) < 4.78 is 69.8. The third-order valence-corrected chi connectivity index (χ3v) is 4.16. The Labute approximate surface area is 182 Å². The molecule has 2 N–H and O–H groups in total. The second-order valence-electron chi connectivity index (χ2n) is 6.37. The van der Waals surface area contributed by atoms with E-state index in [9.17, 15) is 31.5 Å². The van der Waals surface area contributed by atoms with Crippen LogP contribution in [0.25, 0.3) is 0 Å². The summed E-state index contributed by atoms with van der Waals surface area (Å²) in [5.41, 5.74) is -1.89. The quantitative estimate of drug-likeness (QED) is 0.561. The molecule has 0 heterocycles. The van der Waals surface area contributed by atoms with E-state index in [0.717, 1.165) is 18.2 Å². The zero-order valence-corrected chi connectivity index (χ0v) is 17.9. The third-order valence-electron chi connectivity index (χ3n) is 4.16. The average molecular weight is 460 g/mol. The highest BCUT2D eigenvalue weighted by Crippen LogP contribution is 2.33. The Hall–Kier alpha value is -3.01. The molecule has 2 amide bonds. The van der Waals surface area contributed by atoms with Crippen LogP contribution < -0.4 is 5.32 Å². The van der Waals surface area contributed by atoms with Crippen LogP contribution in [-0.2, 0) is 10.7 Å². The second kappa shape index (κ2) is 12.1. The zero-order chi connectivity index (χ0) is 24.5. The Morgan fingerprint density at radius 2 is 1.59 bits per heavy atom. The van der Waals surface area contributed by atoms with Gasteiger partial charge in [0.15, 0.2) is 11.6 Å². The van der Waals surface area contributed by atoms with Crippen molar-refractivity contribution >= 4 is 17.5 Å². The number of carbonyl (C=O) groups excluding carboxylic acids is 2. The monoisotopic (exact) mass is 460 g/mol. The fraction of sp³-hybridized carbons (Fsp3) is 0.364. The number of halogens is 5. The molecule has 2 aromatic carbocycles. The van der Waals surface area contributed by atoms with E-state index in [-0.39, 0.29) is 18.8 Å². The van der Waals surface area contributed by atoms with Crippen LogP contribution in [0.3, 0.4) is 0 Å². The minimum atomic E-state index is -4.30. The molecule has 0 aliphatic heterocycles. The molecular weight excluding hydrogens is 435 g/mol. The van der Waals surface area contributed by atoms with Gasteiger partial charge in [0.25, 0.3) is 11.8 Å². The number of rotatable bonds is 8. The van der Waals surface area contributed by atoms with Gasteiger partial charge in [-0.05, 0) is 36.8 Å². The summed E-state index contributed by atoms with van der Waals surface area (Å²) in [5, 5.41) is 11.2. The van der Waals surface area contributed by atoms with E-state index in [2.05, 4.69) is 5.32 Å². The topological polar surface area (TPSA) is 69.6 Å². The van der Waals surface area contributed by atoms with Gasteiger partial charge in [0.2, 0.25) is 0 Å². The molecule has 2 rings (SSSR count). The molecular formula is C22H25F5N2O3. The Bertz CT molecular complexity index is 932. The first-order valence-corrected chi connectivity index (χ1v) is 9.96. The predicted octanol–water partition coefficient (Wildman–Crippen LogP) is 4.71. The summed E-state index contributed by atoms with van der Waals surface area (Å²) in [6.45, 7) is 4.65. The molecule has 32 heavy (non-hydrogen) atoms. The summed E-state index contributed by atoms with van der Waals surface area (Å²) in [5.74, 6) is -10.8. The van der Waals surface area contributed by atoms with Crippen LogP contribution in [0.15, 0.2) is 36.4 Å². The van der Waals surface area contributed by atoms with Gasteiger partial charge < -0.3 is 15.3 Å². The van der Waals surface area contributed by atoms with E-state index < -0.39 is 52.9 Å². The fourth-order valence-corrected chi connectivity index (χ4v) is 2.70. The van der Waals surface area contributed by atoms with E-state index in [4.69, 9.17) is 5.11 Å². The van der Waals surface area contributed by atoms with E-state index >= 15 is 0 Å². The van der Waals surface area contributed by atoms with Gasteiger partial charge in [0, 0.05) is 30.4 Å². The Morgan fingerprint density at radius 1 is 0.969 bits per heavy atom. The van der Waals surface area contributed by atoms with Crippen molar-refractivity contribution in [2.45, 2.75) is 33.1 Å². The van der Waals surface area contributed by atoms with Gasteiger partial charge in [0.05, 0.1) is 12.2 Å².